The van der Waals surface area contributed by atoms with E-state index in [1.54, 1.807) is 0 Å². The van der Waals surface area contributed by atoms with Crippen LogP contribution in [-0.2, 0) is 17.6 Å². The van der Waals surface area contributed by atoms with Crippen LogP contribution in [0.15, 0.2) is 6.07 Å². The fourth-order valence-electron chi connectivity index (χ4n) is 2.52. The first-order chi connectivity index (χ1) is 9.52. The molecule has 1 aromatic rings. The summed E-state index contributed by atoms with van der Waals surface area (Å²) in [6.45, 7) is 4.19. The van der Waals surface area contributed by atoms with E-state index in [0.717, 1.165) is 25.7 Å². The van der Waals surface area contributed by atoms with Gasteiger partial charge in [-0.05, 0) is 43.7 Å². The van der Waals surface area contributed by atoms with Crippen molar-refractivity contribution in [1.82, 2.24) is 5.32 Å². The summed E-state index contributed by atoms with van der Waals surface area (Å²) in [6.07, 6.45) is 4.85. The monoisotopic (exact) mass is 295 g/mol. The average molecular weight is 295 g/mol. The lowest BCUT2D eigenvalue weighted by molar-refractivity contribution is -0.148. The lowest BCUT2D eigenvalue weighted by Gasteiger charge is -2.38. The predicted octanol–water partition coefficient (Wildman–Crippen LogP) is 3.00. The minimum atomic E-state index is -1.03. The van der Waals surface area contributed by atoms with Gasteiger partial charge in [-0.2, -0.15) is 0 Å². The second-order valence-electron chi connectivity index (χ2n) is 5.36. The number of nitrogens with one attached hydrogen (secondary N) is 1. The highest BCUT2D eigenvalue weighted by Gasteiger charge is 2.45. The number of thiophene rings is 1. The van der Waals surface area contributed by atoms with Crippen LogP contribution in [0.25, 0.3) is 0 Å². The molecule has 1 heterocycles. The summed E-state index contributed by atoms with van der Waals surface area (Å²) in [7, 11) is 0. The molecule has 1 amide bonds. The molecule has 0 spiro atoms. The molecule has 0 radical (unpaired) electrons. The third-order valence-electron chi connectivity index (χ3n) is 3.95. The van der Waals surface area contributed by atoms with E-state index in [4.69, 9.17) is 0 Å². The molecule has 1 aliphatic rings. The minimum absolute atomic E-state index is 0.242. The second-order valence-corrected chi connectivity index (χ2v) is 6.49. The lowest BCUT2D eigenvalue weighted by Crippen LogP contribution is -2.59. The maximum Gasteiger partial charge on any atom is 0.329 e. The van der Waals surface area contributed by atoms with E-state index in [1.165, 1.54) is 21.8 Å². The van der Waals surface area contributed by atoms with Gasteiger partial charge in [-0.15, -0.1) is 11.3 Å². The maximum absolute atomic E-state index is 12.3. The molecule has 5 heteroatoms. The molecule has 20 heavy (non-hydrogen) atoms. The smallest absolute Gasteiger partial charge is 0.329 e. The summed E-state index contributed by atoms with van der Waals surface area (Å²) < 4.78 is 0. The highest BCUT2D eigenvalue weighted by molar-refractivity contribution is 7.14. The van der Waals surface area contributed by atoms with Gasteiger partial charge in [0.2, 0.25) is 0 Å². The molecule has 1 saturated carbocycles. The number of hydrogen-bond acceptors (Lipinski definition) is 3. The van der Waals surface area contributed by atoms with Crippen molar-refractivity contribution in [3.05, 3.63) is 21.4 Å². The Morgan fingerprint density at radius 2 is 2.10 bits per heavy atom. The number of aryl methyl sites for hydroxylation is 2. The zero-order chi connectivity index (χ0) is 14.8. The van der Waals surface area contributed by atoms with E-state index < -0.39 is 11.5 Å². The molecule has 1 aromatic heterocycles. The van der Waals surface area contributed by atoms with Gasteiger partial charge in [0.05, 0.1) is 4.88 Å². The van der Waals surface area contributed by atoms with Gasteiger partial charge in [0, 0.05) is 4.88 Å². The molecule has 0 bridgehead atoms. The van der Waals surface area contributed by atoms with E-state index in [0.29, 0.717) is 17.7 Å². The van der Waals surface area contributed by atoms with E-state index in [9.17, 15) is 14.7 Å². The molecule has 0 aliphatic heterocycles. The van der Waals surface area contributed by atoms with Crippen molar-refractivity contribution in [2.75, 3.05) is 0 Å². The average Bonchev–Trinajstić information content (AvgIpc) is 2.77. The van der Waals surface area contributed by atoms with Gasteiger partial charge in [0.1, 0.15) is 5.54 Å². The van der Waals surface area contributed by atoms with Crippen molar-refractivity contribution < 1.29 is 14.7 Å². The van der Waals surface area contributed by atoms with Crippen LogP contribution in [0.3, 0.4) is 0 Å². The number of aliphatic carboxylic acids is 1. The first-order valence-electron chi connectivity index (χ1n) is 7.20. The van der Waals surface area contributed by atoms with Gasteiger partial charge in [0.15, 0.2) is 0 Å². The van der Waals surface area contributed by atoms with Crippen molar-refractivity contribution in [1.29, 1.82) is 0 Å². The van der Waals surface area contributed by atoms with Crippen molar-refractivity contribution in [2.45, 2.75) is 57.9 Å². The minimum Gasteiger partial charge on any atom is -0.480 e. The molecule has 1 fully saturated rings. The zero-order valence-corrected chi connectivity index (χ0v) is 12.8. The van der Waals surface area contributed by atoms with Gasteiger partial charge in [-0.3, -0.25) is 4.79 Å². The molecular formula is C15H21NO3S. The Labute approximate surface area is 123 Å². The fourth-order valence-corrected chi connectivity index (χ4v) is 3.77. The first-order valence-corrected chi connectivity index (χ1v) is 8.01. The molecule has 0 unspecified atom stereocenters. The van der Waals surface area contributed by atoms with Crippen LogP contribution in [0, 0.1) is 0 Å². The van der Waals surface area contributed by atoms with E-state index in [1.807, 2.05) is 6.07 Å². The first kappa shape index (κ1) is 15.0. The summed E-state index contributed by atoms with van der Waals surface area (Å²) in [6, 6.07) is 1.92. The summed E-state index contributed by atoms with van der Waals surface area (Å²) >= 11 is 1.50. The molecule has 2 rings (SSSR count). The molecule has 1 aliphatic carbocycles. The number of carboxylic acid groups (broad SMARTS) is 1. The third-order valence-corrected chi connectivity index (χ3v) is 5.18. The standard InChI is InChI=1S/C15H21NO3S/c1-3-6-11-10(4-2)9-12(20-11)13(17)16-15(14(18)19)7-5-8-15/h9H,3-8H2,1-2H3,(H,16,17)(H,18,19). The van der Waals surface area contributed by atoms with Crippen molar-refractivity contribution in [3.8, 4) is 0 Å². The Hall–Kier alpha value is -1.36. The van der Waals surface area contributed by atoms with Crippen LogP contribution < -0.4 is 5.32 Å². The Morgan fingerprint density at radius 1 is 1.40 bits per heavy atom. The lowest BCUT2D eigenvalue weighted by atomic mass is 9.77. The molecule has 2 N–H and O–H groups in total. The van der Waals surface area contributed by atoms with Crippen LogP contribution in [0.5, 0.6) is 0 Å². The van der Waals surface area contributed by atoms with Crippen molar-refractivity contribution >= 4 is 23.2 Å². The molecular weight excluding hydrogens is 274 g/mol. The van der Waals surface area contributed by atoms with E-state index >= 15 is 0 Å². The quantitative estimate of drug-likeness (QED) is 0.848. The normalized spacial score (nSPS) is 16.5. The Balaban J connectivity index is 2.15. The number of hydrogen-bond donors (Lipinski definition) is 2. The van der Waals surface area contributed by atoms with E-state index in [-0.39, 0.29) is 5.91 Å². The van der Waals surface area contributed by atoms with Crippen LogP contribution >= 0.6 is 11.3 Å². The van der Waals surface area contributed by atoms with Crippen LogP contribution in [0.4, 0.5) is 0 Å². The van der Waals surface area contributed by atoms with Gasteiger partial charge in [-0.1, -0.05) is 20.3 Å². The zero-order valence-electron chi connectivity index (χ0n) is 12.0. The number of carbonyl (C=O) groups excluding carboxylic acids is 1. The van der Waals surface area contributed by atoms with Gasteiger partial charge >= 0.3 is 5.97 Å². The van der Waals surface area contributed by atoms with Crippen LogP contribution in [-0.4, -0.2) is 22.5 Å². The molecule has 110 valence electrons. The molecule has 4 nitrogen and oxygen atoms in total. The number of amides is 1. The van der Waals surface area contributed by atoms with E-state index in [2.05, 4.69) is 19.2 Å². The Bertz CT molecular complexity index is 517. The van der Waals surface area contributed by atoms with Crippen LogP contribution in [0.1, 0.15) is 59.6 Å². The summed E-state index contributed by atoms with van der Waals surface area (Å²) in [5, 5.41) is 12.0. The summed E-state index contributed by atoms with van der Waals surface area (Å²) in [4.78, 5) is 25.5. The Morgan fingerprint density at radius 3 is 2.55 bits per heavy atom. The van der Waals surface area contributed by atoms with Crippen molar-refractivity contribution in [2.24, 2.45) is 0 Å². The van der Waals surface area contributed by atoms with Gasteiger partial charge in [-0.25, -0.2) is 4.79 Å². The largest absolute Gasteiger partial charge is 0.480 e. The predicted molar refractivity (Wildman–Crippen MR) is 79.4 cm³/mol. The fraction of sp³-hybridized carbons (Fsp3) is 0.600. The Kier molecular flexibility index (Phi) is 4.48. The van der Waals surface area contributed by atoms with Gasteiger partial charge < -0.3 is 10.4 Å². The topological polar surface area (TPSA) is 66.4 Å². The number of carboxylic acids is 1. The van der Waals surface area contributed by atoms with Crippen LogP contribution in [0.2, 0.25) is 0 Å². The van der Waals surface area contributed by atoms with Crippen molar-refractivity contribution in [3.63, 3.8) is 0 Å². The number of rotatable bonds is 6. The third kappa shape index (κ3) is 2.73. The highest BCUT2D eigenvalue weighted by atomic mass is 32.1. The maximum atomic E-state index is 12.3. The molecule has 0 aromatic carbocycles. The second kappa shape index (κ2) is 5.95. The summed E-state index contributed by atoms with van der Waals surface area (Å²) in [5.41, 5.74) is 0.179. The summed E-state index contributed by atoms with van der Waals surface area (Å²) in [5.74, 6) is -1.16. The van der Waals surface area contributed by atoms with Gasteiger partial charge in [0.25, 0.3) is 5.91 Å². The SMILES string of the molecule is CCCc1sc(C(=O)NC2(C(=O)O)CCC2)cc1CC. The highest BCUT2D eigenvalue weighted by Crippen LogP contribution is 2.33. The molecule has 0 atom stereocenters. The molecule has 0 saturated heterocycles. The number of carbonyl (C=O) groups is 2.